The van der Waals surface area contributed by atoms with Gasteiger partial charge in [0.25, 0.3) is 0 Å². The van der Waals surface area contributed by atoms with Crippen LogP contribution in [0.2, 0.25) is 0 Å². The van der Waals surface area contributed by atoms with Gasteiger partial charge in [-0.25, -0.2) is 4.98 Å². The van der Waals surface area contributed by atoms with Crippen molar-refractivity contribution in [2.75, 3.05) is 18.5 Å². The van der Waals surface area contributed by atoms with Crippen LogP contribution in [0.15, 0.2) is 9.98 Å². The van der Waals surface area contributed by atoms with E-state index in [0.29, 0.717) is 6.54 Å². The lowest BCUT2D eigenvalue weighted by molar-refractivity contribution is 0.0559. The molecule has 1 aliphatic carbocycles. The number of halogens is 1. The molecule has 1 aliphatic rings. The molecule has 1 fully saturated rings. The van der Waals surface area contributed by atoms with Gasteiger partial charge in [0.15, 0.2) is 5.13 Å². The Bertz CT molecular complexity index is 336. The van der Waals surface area contributed by atoms with Crippen molar-refractivity contribution in [1.29, 1.82) is 0 Å². The molecule has 0 aliphatic heterocycles. The molecule has 0 unspecified atom stereocenters. The van der Waals surface area contributed by atoms with Gasteiger partial charge in [-0.05, 0) is 28.8 Å². The summed E-state index contributed by atoms with van der Waals surface area (Å²) in [5.74, 6) is 0. The first-order chi connectivity index (χ1) is 7.09. The first kappa shape index (κ1) is 11.4. The summed E-state index contributed by atoms with van der Waals surface area (Å²) in [7, 11) is 1.99. The lowest BCUT2D eigenvalue weighted by Crippen LogP contribution is -2.39. The van der Waals surface area contributed by atoms with E-state index in [2.05, 4.69) is 20.9 Å². The van der Waals surface area contributed by atoms with E-state index in [4.69, 9.17) is 0 Å². The van der Waals surface area contributed by atoms with Crippen molar-refractivity contribution in [2.24, 2.45) is 0 Å². The quantitative estimate of drug-likeness (QED) is 0.930. The average molecular weight is 291 g/mol. The fraction of sp³-hybridized carbons (Fsp3) is 0.700. The van der Waals surface area contributed by atoms with Gasteiger partial charge in [-0.2, -0.15) is 0 Å². The van der Waals surface area contributed by atoms with Crippen molar-refractivity contribution in [3.63, 3.8) is 0 Å². The number of anilines is 1. The third kappa shape index (κ3) is 2.71. The molecule has 0 spiro atoms. The van der Waals surface area contributed by atoms with Crippen molar-refractivity contribution in [1.82, 2.24) is 4.98 Å². The molecule has 1 aromatic rings. The fourth-order valence-corrected chi connectivity index (χ4v) is 3.34. The van der Waals surface area contributed by atoms with Crippen LogP contribution in [0.4, 0.5) is 5.13 Å². The van der Waals surface area contributed by atoms with Gasteiger partial charge in [-0.3, -0.25) is 0 Å². The largest absolute Gasteiger partial charge is 0.388 e. The first-order valence-corrected chi connectivity index (χ1v) is 6.81. The molecule has 1 aromatic heterocycles. The Morgan fingerprint density at radius 1 is 1.60 bits per heavy atom. The van der Waals surface area contributed by atoms with Gasteiger partial charge < -0.3 is 10.0 Å². The van der Waals surface area contributed by atoms with Gasteiger partial charge in [0.1, 0.15) is 4.60 Å². The molecule has 0 amide bonds. The van der Waals surface area contributed by atoms with Gasteiger partial charge in [-0.1, -0.05) is 12.8 Å². The van der Waals surface area contributed by atoms with Gasteiger partial charge >= 0.3 is 0 Å². The highest BCUT2D eigenvalue weighted by Gasteiger charge is 2.32. The van der Waals surface area contributed by atoms with Crippen molar-refractivity contribution >= 4 is 32.4 Å². The molecule has 0 atom stereocenters. The van der Waals surface area contributed by atoms with Crippen LogP contribution in [0.1, 0.15) is 25.7 Å². The zero-order valence-electron chi connectivity index (χ0n) is 8.74. The van der Waals surface area contributed by atoms with Gasteiger partial charge in [0.2, 0.25) is 0 Å². The van der Waals surface area contributed by atoms with Crippen LogP contribution in [0, 0.1) is 0 Å². The van der Waals surface area contributed by atoms with Crippen LogP contribution < -0.4 is 4.90 Å². The molecule has 0 radical (unpaired) electrons. The van der Waals surface area contributed by atoms with Crippen molar-refractivity contribution in [3.05, 3.63) is 9.98 Å². The van der Waals surface area contributed by atoms with E-state index >= 15 is 0 Å². The highest BCUT2D eigenvalue weighted by atomic mass is 79.9. The number of aromatic nitrogens is 1. The predicted molar refractivity (Wildman–Crippen MR) is 66.5 cm³/mol. The summed E-state index contributed by atoms with van der Waals surface area (Å²) >= 11 is 4.93. The van der Waals surface area contributed by atoms with Crippen LogP contribution in [0.25, 0.3) is 0 Å². The van der Waals surface area contributed by atoms with E-state index in [1.807, 2.05) is 17.3 Å². The zero-order chi connectivity index (χ0) is 10.9. The third-order valence-corrected chi connectivity index (χ3v) is 4.52. The summed E-state index contributed by atoms with van der Waals surface area (Å²) in [6, 6.07) is 0. The summed E-state index contributed by atoms with van der Waals surface area (Å²) in [6.45, 7) is 0.687. The first-order valence-electron chi connectivity index (χ1n) is 5.14. The molecule has 1 N–H and O–H groups in total. The van der Waals surface area contributed by atoms with Gasteiger partial charge in [-0.15, -0.1) is 11.3 Å². The Kier molecular flexibility index (Phi) is 3.33. The standard InChI is InChI=1S/C10H15BrN2OS/c1-13(9-12-8(11)6-15-9)7-10(14)4-2-3-5-10/h6,14H,2-5,7H2,1H3. The van der Waals surface area contributed by atoms with E-state index < -0.39 is 5.60 Å². The Hall–Kier alpha value is -0.130. The number of hydrogen-bond acceptors (Lipinski definition) is 4. The Morgan fingerprint density at radius 3 is 2.80 bits per heavy atom. The summed E-state index contributed by atoms with van der Waals surface area (Å²) in [5, 5.41) is 13.2. The van der Waals surface area contributed by atoms with Crippen molar-refractivity contribution in [3.8, 4) is 0 Å². The smallest absolute Gasteiger partial charge is 0.186 e. The Morgan fingerprint density at radius 2 is 2.27 bits per heavy atom. The molecule has 1 saturated carbocycles. The number of aliphatic hydroxyl groups is 1. The van der Waals surface area contributed by atoms with E-state index in [9.17, 15) is 5.11 Å². The van der Waals surface area contributed by atoms with Crippen molar-refractivity contribution < 1.29 is 5.11 Å². The number of thiazole rings is 1. The molecule has 1 heterocycles. The highest BCUT2D eigenvalue weighted by molar-refractivity contribution is 9.10. The third-order valence-electron chi connectivity index (χ3n) is 2.86. The van der Waals surface area contributed by atoms with Gasteiger partial charge in [0, 0.05) is 19.0 Å². The molecular weight excluding hydrogens is 276 g/mol. The van der Waals surface area contributed by atoms with Crippen LogP contribution in [0.3, 0.4) is 0 Å². The topological polar surface area (TPSA) is 36.4 Å². The Labute approximate surface area is 102 Å². The number of likely N-dealkylation sites (N-methyl/N-ethyl adjacent to an activating group) is 1. The fourth-order valence-electron chi connectivity index (χ4n) is 2.12. The minimum atomic E-state index is -0.493. The number of rotatable bonds is 3. The van der Waals surface area contributed by atoms with Crippen LogP contribution in [0.5, 0.6) is 0 Å². The van der Waals surface area contributed by atoms with Gasteiger partial charge in [0.05, 0.1) is 5.60 Å². The number of nitrogens with zero attached hydrogens (tertiary/aromatic N) is 2. The maximum absolute atomic E-state index is 10.3. The molecule has 0 saturated heterocycles. The van der Waals surface area contributed by atoms with E-state index in [0.717, 1.165) is 35.4 Å². The second-order valence-corrected chi connectivity index (χ2v) is 5.89. The molecule has 0 bridgehead atoms. The molecular formula is C10H15BrN2OS. The minimum Gasteiger partial charge on any atom is -0.388 e. The van der Waals surface area contributed by atoms with Crippen LogP contribution in [-0.4, -0.2) is 29.3 Å². The SMILES string of the molecule is CN(CC1(O)CCCC1)c1nc(Br)cs1. The molecule has 84 valence electrons. The second-order valence-electron chi connectivity index (χ2n) is 4.24. The molecule has 0 aromatic carbocycles. The Balaban J connectivity index is 2.00. The summed E-state index contributed by atoms with van der Waals surface area (Å²) in [4.78, 5) is 6.38. The van der Waals surface area contributed by atoms with Crippen LogP contribution >= 0.6 is 27.3 Å². The lowest BCUT2D eigenvalue weighted by atomic mass is 10.0. The summed E-state index contributed by atoms with van der Waals surface area (Å²) < 4.78 is 0.868. The van der Waals surface area contributed by atoms with Crippen molar-refractivity contribution in [2.45, 2.75) is 31.3 Å². The predicted octanol–water partition coefficient (Wildman–Crippen LogP) is 2.65. The highest BCUT2D eigenvalue weighted by Crippen LogP contribution is 2.32. The second kappa shape index (κ2) is 4.39. The maximum Gasteiger partial charge on any atom is 0.186 e. The monoisotopic (exact) mass is 290 g/mol. The maximum atomic E-state index is 10.3. The molecule has 5 heteroatoms. The van der Waals surface area contributed by atoms with Crippen LogP contribution in [-0.2, 0) is 0 Å². The summed E-state index contributed by atoms with van der Waals surface area (Å²) in [5.41, 5.74) is -0.493. The minimum absolute atomic E-state index is 0.493. The molecule has 2 rings (SSSR count). The number of hydrogen-bond donors (Lipinski definition) is 1. The van der Waals surface area contributed by atoms with E-state index in [-0.39, 0.29) is 0 Å². The molecule has 3 nitrogen and oxygen atoms in total. The summed E-state index contributed by atoms with van der Waals surface area (Å²) in [6.07, 6.45) is 4.13. The van der Waals surface area contributed by atoms with E-state index in [1.54, 1.807) is 11.3 Å². The molecule has 15 heavy (non-hydrogen) atoms. The average Bonchev–Trinajstić information content (AvgIpc) is 2.75. The zero-order valence-corrected chi connectivity index (χ0v) is 11.1. The lowest BCUT2D eigenvalue weighted by Gasteiger charge is -2.28. The van der Waals surface area contributed by atoms with E-state index in [1.165, 1.54) is 0 Å². The normalized spacial score (nSPS) is 19.4.